The number of amides is 1. The van der Waals surface area contributed by atoms with Gasteiger partial charge in [-0.2, -0.15) is 0 Å². The molecule has 0 unspecified atom stereocenters. The van der Waals surface area contributed by atoms with Gasteiger partial charge in [-0.3, -0.25) is 4.79 Å². The number of aliphatic hydroxyl groups is 3. The number of hydrogen-bond acceptors (Lipinski definition) is 5. The van der Waals surface area contributed by atoms with Crippen molar-refractivity contribution in [2.24, 2.45) is 5.92 Å². The minimum atomic E-state index is -1.21. The van der Waals surface area contributed by atoms with Crippen LogP contribution in [-0.4, -0.2) is 52.2 Å². The van der Waals surface area contributed by atoms with Gasteiger partial charge in [0.1, 0.15) is 24.9 Å². The highest BCUT2D eigenvalue weighted by atomic mass is 16.5. The smallest absolute Gasteiger partial charge is 0.220 e. The summed E-state index contributed by atoms with van der Waals surface area (Å²) in [5, 5.41) is 31.2. The number of carbonyl (C=O) groups is 1. The molecule has 22 heavy (non-hydrogen) atoms. The molecule has 129 valence electrons. The second kappa shape index (κ2) is 10.2. The molecule has 6 nitrogen and oxygen atoms in total. The van der Waals surface area contributed by atoms with Crippen LogP contribution >= 0.6 is 0 Å². The number of rotatable bonds is 9. The average Bonchev–Trinajstić information content (AvgIpc) is 2.47. The molecule has 4 N–H and O–H groups in total. The first kappa shape index (κ1) is 19.4. The van der Waals surface area contributed by atoms with Gasteiger partial charge < -0.3 is 25.4 Å². The van der Waals surface area contributed by atoms with Gasteiger partial charge in [0.2, 0.25) is 5.91 Å². The summed E-state index contributed by atoms with van der Waals surface area (Å²) >= 11 is 0. The Morgan fingerprint density at radius 2 is 1.86 bits per heavy atom. The SMILES string of the molecule is CC(C)CCCCCCC(=O)N[C@@H]1[CH]O[C@H](CO)[C@@H](O)[C@@H]1O. The number of ether oxygens (including phenoxy) is 1. The first-order valence-electron chi connectivity index (χ1n) is 8.20. The molecule has 0 aromatic rings. The maximum Gasteiger partial charge on any atom is 0.220 e. The third-order valence-corrected chi connectivity index (χ3v) is 3.94. The molecule has 0 bridgehead atoms. The first-order chi connectivity index (χ1) is 10.5. The van der Waals surface area contributed by atoms with Crippen molar-refractivity contribution in [3.05, 3.63) is 6.61 Å². The van der Waals surface area contributed by atoms with Gasteiger partial charge in [-0.05, 0) is 12.3 Å². The maximum atomic E-state index is 11.8. The van der Waals surface area contributed by atoms with Crippen LogP contribution in [-0.2, 0) is 9.53 Å². The van der Waals surface area contributed by atoms with Crippen LogP contribution in [0.25, 0.3) is 0 Å². The molecular weight excluding hydrogens is 286 g/mol. The van der Waals surface area contributed by atoms with E-state index in [1.54, 1.807) is 0 Å². The third-order valence-electron chi connectivity index (χ3n) is 3.94. The largest absolute Gasteiger partial charge is 0.394 e. The van der Waals surface area contributed by atoms with Gasteiger partial charge in [0.15, 0.2) is 0 Å². The van der Waals surface area contributed by atoms with Crippen LogP contribution in [0.15, 0.2) is 0 Å². The summed E-state index contributed by atoms with van der Waals surface area (Å²) in [4.78, 5) is 11.8. The van der Waals surface area contributed by atoms with Crippen molar-refractivity contribution in [2.75, 3.05) is 6.61 Å². The van der Waals surface area contributed by atoms with Gasteiger partial charge in [-0.1, -0.05) is 39.5 Å². The van der Waals surface area contributed by atoms with Crippen molar-refractivity contribution in [1.29, 1.82) is 0 Å². The standard InChI is InChI=1S/C16H30NO5/c1-11(2)7-5-3-4-6-8-14(19)17-12-10-22-13(9-18)16(21)15(12)20/h10-13,15-16,18,20-21H,3-9H2,1-2H3,(H,17,19)/t12-,13-,15-,16-/m1/s1. The molecule has 6 heteroatoms. The van der Waals surface area contributed by atoms with Crippen LogP contribution in [0.2, 0.25) is 0 Å². The molecule has 0 aliphatic carbocycles. The van der Waals surface area contributed by atoms with Gasteiger partial charge in [-0.25, -0.2) is 0 Å². The number of aliphatic hydroxyl groups excluding tert-OH is 3. The highest BCUT2D eigenvalue weighted by Crippen LogP contribution is 2.18. The van der Waals surface area contributed by atoms with E-state index in [9.17, 15) is 15.0 Å². The highest BCUT2D eigenvalue weighted by Gasteiger charge is 2.38. The number of unbranched alkanes of at least 4 members (excludes halogenated alkanes) is 3. The maximum absolute atomic E-state index is 11.8. The van der Waals surface area contributed by atoms with Crippen molar-refractivity contribution in [3.8, 4) is 0 Å². The summed E-state index contributed by atoms with van der Waals surface area (Å²) in [6.45, 7) is 5.30. The second-order valence-corrected chi connectivity index (χ2v) is 6.41. The summed E-state index contributed by atoms with van der Waals surface area (Å²) in [6.07, 6.45) is 2.55. The van der Waals surface area contributed by atoms with E-state index in [4.69, 9.17) is 9.84 Å². The van der Waals surface area contributed by atoms with Crippen LogP contribution in [0.5, 0.6) is 0 Å². The lowest BCUT2D eigenvalue weighted by Gasteiger charge is -2.36. The topological polar surface area (TPSA) is 99.0 Å². The molecule has 1 saturated heterocycles. The molecule has 1 aliphatic rings. The quantitative estimate of drug-likeness (QED) is 0.470. The Morgan fingerprint density at radius 3 is 2.50 bits per heavy atom. The fraction of sp³-hybridized carbons (Fsp3) is 0.875. The molecule has 0 spiro atoms. The van der Waals surface area contributed by atoms with Crippen molar-refractivity contribution in [2.45, 2.75) is 76.7 Å². The lowest BCUT2D eigenvalue weighted by atomic mass is 9.98. The van der Waals surface area contributed by atoms with E-state index in [0.717, 1.165) is 25.2 Å². The lowest BCUT2D eigenvalue weighted by Crippen LogP contribution is -2.58. The van der Waals surface area contributed by atoms with E-state index < -0.39 is 24.4 Å². The summed E-state index contributed by atoms with van der Waals surface area (Å²) in [5.41, 5.74) is 0. The predicted octanol–water partition coefficient (Wildman–Crippen LogP) is 0.742. The molecule has 0 aromatic carbocycles. The summed E-state index contributed by atoms with van der Waals surface area (Å²) in [6, 6.07) is -0.744. The molecule has 1 amide bonds. The Balaban J connectivity index is 2.17. The molecule has 0 saturated carbocycles. The Hall–Kier alpha value is -0.690. The fourth-order valence-electron chi connectivity index (χ4n) is 2.50. The zero-order valence-electron chi connectivity index (χ0n) is 13.6. The van der Waals surface area contributed by atoms with Crippen molar-refractivity contribution >= 4 is 5.91 Å². The van der Waals surface area contributed by atoms with E-state index in [0.29, 0.717) is 6.42 Å². The van der Waals surface area contributed by atoms with Gasteiger partial charge in [0, 0.05) is 6.42 Å². The molecule has 1 fully saturated rings. The molecule has 1 heterocycles. The lowest BCUT2D eigenvalue weighted by molar-refractivity contribution is -0.145. The number of carbonyl (C=O) groups excluding carboxylic acids is 1. The molecule has 1 radical (unpaired) electrons. The normalized spacial score (nSPS) is 28.8. The van der Waals surface area contributed by atoms with E-state index in [-0.39, 0.29) is 12.5 Å². The van der Waals surface area contributed by atoms with Crippen LogP contribution in [0, 0.1) is 12.5 Å². The van der Waals surface area contributed by atoms with Crippen molar-refractivity contribution in [3.63, 3.8) is 0 Å². The predicted molar refractivity (Wildman–Crippen MR) is 82.7 cm³/mol. The minimum absolute atomic E-state index is 0.164. The second-order valence-electron chi connectivity index (χ2n) is 6.41. The number of nitrogens with one attached hydrogen (secondary N) is 1. The van der Waals surface area contributed by atoms with Crippen LogP contribution in [0.3, 0.4) is 0 Å². The molecule has 1 aliphatic heterocycles. The number of hydrogen-bond donors (Lipinski definition) is 4. The minimum Gasteiger partial charge on any atom is -0.394 e. The highest BCUT2D eigenvalue weighted by molar-refractivity contribution is 5.76. The van der Waals surface area contributed by atoms with Crippen molar-refractivity contribution in [1.82, 2.24) is 5.32 Å². The third kappa shape index (κ3) is 6.60. The molecule has 4 atom stereocenters. The average molecular weight is 316 g/mol. The summed E-state index contributed by atoms with van der Waals surface area (Å²) < 4.78 is 5.10. The summed E-state index contributed by atoms with van der Waals surface area (Å²) in [7, 11) is 0. The summed E-state index contributed by atoms with van der Waals surface area (Å²) in [5.74, 6) is 0.559. The Bertz CT molecular complexity index is 324. The van der Waals surface area contributed by atoms with Gasteiger partial charge in [-0.15, -0.1) is 0 Å². The Labute approximate surface area is 132 Å². The Kier molecular flexibility index (Phi) is 8.93. The molecule has 1 rings (SSSR count). The van der Waals surface area contributed by atoms with Crippen LogP contribution < -0.4 is 5.32 Å². The van der Waals surface area contributed by atoms with Gasteiger partial charge in [0.05, 0.1) is 12.6 Å². The van der Waals surface area contributed by atoms with E-state index in [1.807, 2.05) is 0 Å². The van der Waals surface area contributed by atoms with E-state index >= 15 is 0 Å². The molecular formula is C16H30NO5. The van der Waals surface area contributed by atoms with Gasteiger partial charge >= 0.3 is 0 Å². The van der Waals surface area contributed by atoms with E-state index in [1.165, 1.54) is 19.4 Å². The fourth-order valence-corrected chi connectivity index (χ4v) is 2.50. The van der Waals surface area contributed by atoms with Crippen LogP contribution in [0.4, 0.5) is 0 Å². The van der Waals surface area contributed by atoms with Gasteiger partial charge in [0.25, 0.3) is 0 Å². The zero-order valence-corrected chi connectivity index (χ0v) is 13.6. The first-order valence-corrected chi connectivity index (χ1v) is 8.20. The van der Waals surface area contributed by atoms with E-state index in [2.05, 4.69) is 19.2 Å². The van der Waals surface area contributed by atoms with Crippen LogP contribution in [0.1, 0.15) is 52.4 Å². The van der Waals surface area contributed by atoms with Crippen molar-refractivity contribution < 1.29 is 24.9 Å². The molecule has 0 aromatic heterocycles. The zero-order chi connectivity index (χ0) is 16.5. The Morgan fingerprint density at radius 1 is 1.18 bits per heavy atom. The monoisotopic (exact) mass is 316 g/mol.